The molecule has 0 fully saturated rings. The predicted octanol–water partition coefficient (Wildman–Crippen LogP) is 0.205. The van der Waals surface area contributed by atoms with Gasteiger partial charge in [0.2, 0.25) is 11.9 Å². The number of halogens is 1. The third-order valence-corrected chi connectivity index (χ3v) is 1.76. The zero-order valence-electron chi connectivity index (χ0n) is 9.17. The summed E-state index contributed by atoms with van der Waals surface area (Å²) in [5.41, 5.74) is 0. The fraction of sp³-hybridized carbons (Fsp3) is 0.444. The number of carbonyl (C=O) groups excluding carboxylic acids is 1. The van der Waals surface area contributed by atoms with Crippen LogP contribution in [-0.4, -0.2) is 36.0 Å². The Balaban J connectivity index is 2.62. The van der Waals surface area contributed by atoms with Crippen LogP contribution in [0.1, 0.15) is 6.92 Å². The highest BCUT2D eigenvalue weighted by molar-refractivity contribution is 5.80. The maximum atomic E-state index is 13.2. The van der Waals surface area contributed by atoms with Crippen LogP contribution < -0.4 is 16.0 Å². The topological polar surface area (TPSA) is 78.9 Å². The van der Waals surface area contributed by atoms with Gasteiger partial charge in [-0.05, 0) is 6.92 Å². The molecular weight excluding hydrogens is 213 g/mol. The number of likely N-dealkylation sites (N-methyl/N-ethyl adjacent to an activating group) is 1. The van der Waals surface area contributed by atoms with Gasteiger partial charge in [0, 0.05) is 13.6 Å². The lowest BCUT2D eigenvalue weighted by atomic mass is 10.5. The first kappa shape index (κ1) is 12.2. The summed E-state index contributed by atoms with van der Waals surface area (Å²) in [6.45, 7) is 2.32. The molecule has 0 aliphatic heterocycles. The van der Waals surface area contributed by atoms with Crippen molar-refractivity contribution >= 4 is 17.7 Å². The number of aromatic nitrogens is 2. The first-order valence-electron chi connectivity index (χ1n) is 4.88. The summed E-state index contributed by atoms with van der Waals surface area (Å²) >= 11 is 0. The number of anilines is 2. The average molecular weight is 227 g/mol. The smallest absolute Gasteiger partial charge is 0.239 e. The van der Waals surface area contributed by atoms with E-state index in [0.29, 0.717) is 12.5 Å². The third kappa shape index (κ3) is 3.34. The standard InChI is InChI=1S/C9H14FN5O/c1-3-12-7(16)5-13-8-6(10)4-14-9(11-2)15-8/h4H,3,5H2,1-2H3,(H,12,16)(H2,11,13,14,15). The summed E-state index contributed by atoms with van der Waals surface area (Å²) in [5.74, 6) is -0.514. The van der Waals surface area contributed by atoms with Crippen molar-refractivity contribution in [3.8, 4) is 0 Å². The average Bonchev–Trinajstić information content (AvgIpc) is 2.28. The van der Waals surface area contributed by atoms with Crippen molar-refractivity contribution in [1.29, 1.82) is 0 Å². The van der Waals surface area contributed by atoms with Crippen LogP contribution in [0.15, 0.2) is 6.20 Å². The van der Waals surface area contributed by atoms with E-state index in [0.717, 1.165) is 6.20 Å². The van der Waals surface area contributed by atoms with Crippen LogP contribution >= 0.6 is 0 Å². The Morgan fingerprint density at radius 2 is 2.31 bits per heavy atom. The second-order valence-electron chi connectivity index (χ2n) is 2.95. The van der Waals surface area contributed by atoms with Crippen LogP contribution in [0.3, 0.4) is 0 Å². The second-order valence-corrected chi connectivity index (χ2v) is 2.95. The molecule has 0 saturated carbocycles. The maximum absolute atomic E-state index is 13.2. The Morgan fingerprint density at radius 1 is 1.56 bits per heavy atom. The molecule has 0 aliphatic carbocycles. The molecule has 3 N–H and O–H groups in total. The lowest BCUT2D eigenvalue weighted by Gasteiger charge is -2.07. The van der Waals surface area contributed by atoms with E-state index in [9.17, 15) is 9.18 Å². The fourth-order valence-electron chi connectivity index (χ4n) is 1.04. The van der Waals surface area contributed by atoms with Crippen molar-refractivity contribution in [3.63, 3.8) is 0 Å². The van der Waals surface area contributed by atoms with E-state index in [-0.39, 0.29) is 18.3 Å². The Hall–Kier alpha value is -1.92. The number of rotatable bonds is 5. The minimum Gasteiger partial charge on any atom is -0.358 e. The SMILES string of the molecule is CCNC(=O)CNc1nc(NC)ncc1F. The zero-order valence-corrected chi connectivity index (χ0v) is 9.17. The molecule has 0 aromatic carbocycles. The lowest BCUT2D eigenvalue weighted by Crippen LogP contribution is -2.29. The monoisotopic (exact) mass is 227 g/mol. The maximum Gasteiger partial charge on any atom is 0.239 e. The highest BCUT2D eigenvalue weighted by Crippen LogP contribution is 2.10. The molecule has 0 saturated heterocycles. The first-order valence-corrected chi connectivity index (χ1v) is 4.88. The number of carbonyl (C=O) groups is 1. The van der Waals surface area contributed by atoms with Gasteiger partial charge in [-0.1, -0.05) is 0 Å². The van der Waals surface area contributed by atoms with E-state index < -0.39 is 5.82 Å². The van der Waals surface area contributed by atoms with Gasteiger partial charge in [0.05, 0.1) is 12.7 Å². The van der Waals surface area contributed by atoms with Crippen molar-refractivity contribution in [2.45, 2.75) is 6.92 Å². The summed E-state index contributed by atoms with van der Waals surface area (Å²) in [4.78, 5) is 18.6. The van der Waals surface area contributed by atoms with E-state index in [1.54, 1.807) is 7.05 Å². The molecule has 1 heterocycles. The molecule has 0 aliphatic rings. The minimum absolute atomic E-state index is 0.00519. The first-order chi connectivity index (χ1) is 7.67. The third-order valence-electron chi connectivity index (χ3n) is 1.76. The molecule has 6 nitrogen and oxygen atoms in total. The van der Waals surface area contributed by atoms with E-state index in [1.807, 2.05) is 6.92 Å². The highest BCUT2D eigenvalue weighted by Gasteiger charge is 2.07. The minimum atomic E-state index is -0.594. The molecule has 0 bridgehead atoms. The molecule has 0 unspecified atom stereocenters. The van der Waals surface area contributed by atoms with Crippen LogP contribution in [0.4, 0.5) is 16.2 Å². The Labute approximate surface area is 92.7 Å². The molecule has 0 spiro atoms. The van der Waals surface area contributed by atoms with Gasteiger partial charge < -0.3 is 16.0 Å². The summed E-state index contributed by atoms with van der Waals surface area (Å²) in [7, 11) is 1.63. The number of hydrogen-bond acceptors (Lipinski definition) is 5. The van der Waals surface area contributed by atoms with Crippen LogP contribution in [0, 0.1) is 5.82 Å². The van der Waals surface area contributed by atoms with Crippen molar-refractivity contribution in [2.24, 2.45) is 0 Å². The summed E-state index contributed by atoms with van der Waals surface area (Å²) in [6, 6.07) is 0. The van der Waals surface area contributed by atoms with Crippen LogP contribution in [0.25, 0.3) is 0 Å². The normalized spacial score (nSPS) is 9.69. The van der Waals surface area contributed by atoms with Gasteiger partial charge in [-0.25, -0.2) is 9.37 Å². The molecule has 0 radical (unpaired) electrons. The van der Waals surface area contributed by atoms with Crippen LogP contribution in [-0.2, 0) is 4.79 Å². The summed E-state index contributed by atoms with van der Waals surface area (Å²) in [5, 5.41) is 7.85. The highest BCUT2D eigenvalue weighted by atomic mass is 19.1. The number of nitrogens with one attached hydrogen (secondary N) is 3. The molecule has 1 aromatic rings. The van der Waals surface area contributed by atoms with E-state index in [2.05, 4.69) is 25.9 Å². The Bertz CT molecular complexity index is 371. The van der Waals surface area contributed by atoms with E-state index in [4.69, 9.17) is 0 Å². The largest absolute Gasteiger partial charge is 0.358 e. The van der Waals surface area contributed by atoms with Gasteiger partial charge in [-0.2, -0.15) is 4.98 Å². The van der Waals surface area contributed by atoms with Crippen molar-refractivity contribution < 1.29 is 9.18 Å². The molecular formula is C9H14FN5O. The second kappa shape index (κ2) is 5.84. The van der Waals surface area contributed by atoms with E-state index >= 15 is 0 Å². The summed E-state index contributed by atoms with van der Waals surface area (Å²) < 4.78 is 13.2. The lowest BCUT2D eigenvalue weighted by molar-refractivity contribution is -0.119. The van der Waals surface area contributed by atoms with Gasteiger partial charge in [-0.3, -0.25) is 4.79 Å². The van der Waals surface area contributed by atoms with Crippen LogP contribution in [0.5, 0.6) is 0 Å². The molecule has 7 heteroatoms. The predicted molar refractivity (Wildman–Crippen MR) is 58.7 cm³/mol. The van der Waals surface area contributed by atoms with Crippen molar-refractivity contribution in [3.05, 3.63) is 12.0 Å². The Kier molecular flexibility index (Phi) is 4.43. The number of amides is 1. The van der Waals surface area contributed by atoms with Gasteiger partial charge in [0.25, 0.3) is 0 Å². The Morgan fingerprint density at radius 3 is 2.94 bits per heavy atom. The van der Waals surface area contributed by atoms with Gasteiger partial charge in [-0.15, -0.1) is 0 Å². The van der Waals surface area contributed by atoms with Crippen molar-refractivity contribution in [1.82, 2.24) is 15.3 Å². The number of hydrogen-bond donors (Lipinski definition) is 3. The van der Waals surface area contributed by atoms with Crippen molar-refractivity contribution in [2.75, 3.05) is 30.8 Å². The molecule has 16 heavy (non-hydrogen) atoms. The molecule has 1 amide bonds. The quantitative estimate of drug-likeness (QED) is 0.670. The van der Waals surface area contributed by atoms with Crippen LogP contribution in [0.2, 0.25) is 0 Å². The molecule has 1 rings (SSSR count). The fourth-order valence-corrected chi connectivity index (χ4v) is 1.04. The van der Waals surface area contributed by atoms with Gasteiger partial charge >= 0.3 is 0 Å². The number of nitrogens with zero attached hydrogens (tertiary/aromatic N) is 2. The van der Waals surface area contributed by atoms with Gasteiger partial charge in [0.15, 0.2) is 11.6 Å². The molecule has 88 valence electrons. The van der Waals surface area contributed by atoms with E-state index in [1.165, 1.54) is 0 Å². The molecule has 1 aromatic heterocycles. The molecule has 0 atom stereocenters. The van der Waals surface area contributed by atoms with Gasteiger partial charge in [0.1, 0.15) is 0 Å². The zero-order chi connectivity index (χ0) is 12.0. The summed E-state index contributed by atoms with van der Waals surface area (Å²) in [6.07, 6.45) is 1.04.